The second kappa shape index (κ2) is 5.07. The van der Waals surface area contributed by atoms with E-state index >= 15 is 0 Å². The van der Waals surface area contributed by atoms with Gasteiger partial charge in [0.15, 0.2) is 0 Å². The second-order valence-corrected chi connectivity index (χ2v) is 7.57. The molecule has 0 saturated heterocycles. The molecule has 1 N–H and O–H groups in total. The zero-order chi connectivity index (χ0) is 16.9. The van der Waals surface area contributed by atoms with Crippen molar-refractivity contribution >= 4 is 47.6 Å². The van der Waals surface area contributed by atoms with Crippen molar-refractivity contribution in [2.24, 2.45) is 0 Å². The molecule has 23 heavy (non-hydrogen) atoms. The van der Waals surface area contributed by atoms with Crippen LogP contribution in [-0.4, -0.2) is 19.5 Å². The van der Waals surface area contributed by atoms with E-state index in [1.165, 1.54) is 24.3 Å². The van der Waals surface area contributed by atoms with Crippen molar-refractivity contribution in [1.29, 1.82) is 0 Å². The van der Waals surface area contributed by atoms with Gasteiger partial charge in [-0.25, -0.2) is 13.2 Å². The van der Waals surface area contributed by atoms with Gasteiger partial charge in [0.25, 0.3) is 9.05 Å². The van der Waals surface area contributed by atoms with E-state index in [9.17, 15) is 18.0 Å². The molecule has 0 bridgehead atoms. The summed E-state index contributed by atoms with van der Waals surface area (Å²) in [5.41, 5.74) is 0.298. The highest BCUT2D eigenvalue weighted by atomic mass is 35.7. The van der Waals surface area contributed by atoms with Gasteiger partial charge in [-0.05, 0) is 42.8 Å². The molecule has 3 aromatic rings. The molecule has 0 aliphatic heterocycles. The molecule has 0 amide bonds. The number of aryl methyl sites for hydroxylation is 1. The Morgan fingerprint density at radius 2 is 1.87 bits per heavy atom. The highest BCUT2D eigenvalue weighted by Gasteiger charge is 2.17. The first-order valence-electron chi connectivity index (χ1n) is 6.37. The number of aromatic carboxylic acids is 1. The van der Waals surface area contributed by atoms with E-state index in [-0.39, 0.29) is 32.4 Å². The van der Waals surface area contributed by atoms with Gasteiger partial charge < -0.3 is 9.52 Å². The van der Waals surface area contributed by atoms with Crippen molar-refractivity contribution < 1.29 is 22.7 Å². The lowest BCUT2D eigenvalue weighted by Gasteiger charge is -2.06. The van der Waals surface area contributed by atoms with Crippen LogP contribution < -0.4 is 5.43 Å². The molecule has 6 nitrogen and oxygen atoms in total. The van der Waals surface area contributed by atoms with Crippen molar-refractivity contribution in [2.45, 2.75) is 11.8 Å². The van der Waals surface area contributed by atoms with E-state index in [1.54, 1.807) is 6.92 Å². The lowest BCUT2D eigenvalue weighted by Crippen LogP contribution is -2.06. The summed E-state index contributed by atoms with van der Waals surface area (Å²) in [6.07, 6.45) is 0. The van der Waals surface area contributed by atoms with Crippen LogP contribution in [0.5, 0.6) is 0 Å². The molecule has 0 unspecified atom stereocenters. The number of carboxylic acid groups (broad SMARTS) is 1. The van der Waals surface area contributed by atoms with E-state index in [1.807, 2.05) is 0 Å². The molecular formula is C15H9ClO6S. The van der Waals surface area contributed by atoms with Gasteiger partial charge in [-0.1, -0.05) is 0 Å². The zero-order valence-electron chi connectivity index (χ0n) is 11.7. The third-order valence-electron chi connectivity index (χ3n) is 3.46. The summed E-state index contributed by atoms with van der Waals surface area (Å²) in [6, 6.07) is 6.35. The monoisotopic (exact) mass is 352 g/mol. The van der Waals surface area contributed by atoms with Crippen LogP contribution in [0.25, 0.3) is 21.9 Å². The highest BCUT2D eigenvalue weighted by Crippen LogP contribution is 2.26. The number of halogens is 1. The summed E-state index contributed by atoms with van der Waals surface area (Å²) >= 11 is 0. The molecule has 0 aliphatic rings. The summed E-state index contributed by atoms with van der Waals surface area (Å²) in [7, 11) is 1.32. The van der Waals surface area contributed by atoms with E-state index < -0.39 is 20.4 Å². The van der Waals surface area contributed by atoms with Crippen LogP contribution in [0.2, 0.25) is 0 Å². The molecule has 1 heterocycles. The van der Waals surface area contributed by atoms with Crippen molar-refractivity contribution in [3.63, 3.8) is 0 Å². The van der Waals surface area contributed by atoms with Crippen molar-refractivity contribution in [1.82, 2.24) is 0 Å². The first-order valence-corrected chi connectivity index (χ1v) is 8.68. The van der Waals surface area contributed by atoms with Gasteiger partial charge in [-0.15, -0.1) is 0 Å². The lowest BCUT2D eigenvalue weighted by atomic mass is 10.1. The quantitative estimate of drug-likeness (QED) is 0.562. The maximum atomic E-state index is 12.6. The van der Waals surface area contributed by atoms with E-state index in [2.05, 4.69) is 0 Å². The number of rotatable bonds is 2. The maximum absolute atomic E-state index is 12.6. The van der Waals surface area contributed by atoms with E-state index in [4.69, 9.17) is 20.2 Å². The van der Waals surface area contributed by atoms with Crippen LogP contribution >= 0.6 is 10.7 Å². The predicted molar refractivity (Wildman–Crippen MR) is 84.7 cm³/mol. The fourth-order valence-corrected chi connectivity index (χ4v) is 3.21. The molecule has 0 spiro atoms. The average Bonchev–Trinajstić information content (AvgIpc) is 2.47. The normalized spacial score (nSPS) is 11.9. The van der Waals surface area contributed by atoms with Crippen LogP contribution in [0.4, 0.5) is 0 Å². The Kier molecular flexibility index (Phi) is 3.42. The Morgan fingerprint density at radius 1 is 1.17 bits per heavy atom. The lowest BCUT2D eigenvalue weighted by molar-refractivity contribution is 0.0697. The van der Waals surface area contributed by atoms with Crippen molar-refractivity contribution in [3.05, 3.63) is 51.7 Å². The Balaban J connectivity index is 2.50. The van der Waals surface area contributed by atoms with E-state index in [0.29, 0.717) is 5.56 Å². The summed E-state index contributed by atoms with van der Waals surface area (Å²) < 4.78 is 28.6. The van der Waals surface area contributed by atoms with Gasteiger partial charge in [0.1, 0.15) is 11.2 Å². The van der Waals surface area contributed by atoms with Crippen LogP contribution in [0.3, 0.4) is 0 Å². The van der Waals surface area contributed by atoms with E-state index in [0.717, 1.165) is 6.07 Å². The molecular weight excluding hydrogens is 344 g/mol. The Labute approximate surface area is 134 Å². The predicted octanol–water partition coefficient (Wildman–Crippen LogP) is 2.88. The molecule has 0 aliphatic carbocycles. The minimum absolute atomic E-state index is 0.0271. The SMILES string of the molecule is Cc1cc(S(=O)(=O)Cl)cc2c(=O)c3cc(C(=O)O)ccc3oc12. The molecule has 1 aromatic heterocycles. The number of carbonyl (C=O) groups is 1. The number of hydrogen-bond donors (Lipinski definition) is 1. The number of benzene rings is 2. The first kappa shape index (κ1) is 15.5. The van der Waals surface area contributed by atoms with Crippen LogP contribution in [0.15, 0.2) is 44.4 Å². The fraction of sp³-hybridized carbons (Fsp3) is 0.0667. The van der Waals surface area contributed by atoms with Crippen molar-refractivity contribution in [2.75, 3.05) is 0 Å². The molecule has 118 valence electrons. The third kappa shape index (κ3) is 2.58. The van der Waals surface area contributed by atoms with Crippen LogP contribution in [0.1, 0.15) is 15.9 Å². The van der Waals surface area contributed by atoms with Gasteiger partial charge >= 0.3 is 5.97 Å². The van der Waals surface area contributed by atoms with Gasteiger partial charge in [0, 0.05) is 10.7 Å². The summed E-state index contributed by atoms with van der Waals surface area (Å²) in [6.45, 7) is 1.59. The smallest absolute Gasteiger partial charge is 0.335 e. The van der Waals surface area contributed by atoms with Gasteiger partial charge in [-0.3, -0.25) is 4.79 Å². The summed E-state index contributed by atoms with van der Waals surface area (Å²) in [4.78, 5) is 23.4. The molecule has 2 aromatic carbocycles. The highest BCUT2D eigenvalue weighted by molar-refractivity contribution is 8.13. The molecule has 0 radical (unpaired) electrons. The number of carboxylic acids is 1. The standard InChI is InChI=1S/C15H9ClO6S/c1-7-4-9(23(16,20)21)6-11-13(17)10-5-8(15(18)19)2-3-12(10)22-14(7)11/h2-6H,1H3,(H,18,19). The minimum Gasteiger partial charge on any atom is -0.478 e. The van der Waals surface area contributed by atoms with Crippen LogP contribution in [-0.2, 0) is 9.05 Å². The molecule has 0 fully saturated rings. The first-order chi connectivity index (χ1) is 10.7. The van der Waals surface area contributed by atoms with Gasteiger partial charge in [0.2, 0.25) is 5.43 Å². The van der Waals surface area contributed by atoms with Gasteiger partial charge in [-0.2, -0.15) is 0 Å². The van der Waals surface area contributed by atoms with Crippen LogP contribution in [0, 0.1) is 6.92 Å². The van der Waals surface area contributed by atoms with Crippen molar-refractivity contribution in [3.8, 4) is 0 Å². The maximum Gasteiger partial charge on any atom is 0.335 e. The summed E-state index contributed by atoms with van der Waals surface area (Å²) in [5.74, 6) is -1.18. The largest absolute Gasteiger partial charge is 0.478 e. The fourth-order valence-electron chi connectivity index (χ4n) is 2.37. The Hall–Kier alpha value is -2.38. The zero-order valence-corrected chi connectivity index (χ0v) is 13.2. The summed E-state index contributed by atoms with van der Waals surface area (Å²) in [5, 5.41) is 9.10. The topological polar surface area (TPSA) is 102 Å². The number of hydrogen-bond acceptors (Lipinski definition) is 5. The number of fused-ring (bicyclic) bond motifs is 2. The third-order valence-corrected chi connectivity index (χ3v) is 4.79. The average molecular weight is 353 g/mol. The molecule has 0 atom stereocenters. The second-order valence-electron chi connectivity index (χ2n) is 5.00. The molecule has 0 saturated carbocycles. The minimum atomic E-state index is -4.01. The molecule has 8 heteroatoms. The van der Waals surface area contributed by atoms with Gasteiger partial charge in [0.05, 0.1) is 21.2 Å². The Morgan fingerprint density at radius 3 is 2.48 bits per heavy atom. The molecule has 3 rings (SSSR count). The Bertz CT molecular complexity index is 1140.